The quantitative estimate of drug-likeness (QED) is 0.704. The molecule has 12 heteroatoms. The molecule has 3 fully saturated rings. The van der Waals surface area contributed by atoms with Crippen LogP contribution in [0.15, 0.2) is 4.42 Å². The van der Waals surface area contributed by atoms with Crippen LogP contribution in [0.2, 0.25) is 0 Å². The van der Waals surface area contributed by atoms with Gasteiger partial charge in [0.1, 0.15) is 6.04 Å². The monoisotopic (exact) mass is 359 g/mol. The minimum atomic E-state index is -4.75. The molecule has 2 bridgehead atoms. The number of piperidine rings is 1. The topological polar surface area (TPSA) is 152 Å². The van der Waals surface area contributed by atoms with Gasteiger partial charge in [0.15, 0.2) is 0 Å². The van der Waals surface area contributed by atoms with E-state index in [9.17, 15) is 13.2 Å². The maximum Gasteiger partial charge on any atom is 0.418 e. The van der Waals surface area contributed by atoms with Crippen LogP contribution in [-0.4, -0.2) is 57.8 Å². The minimum absolute atomic E-state index is 0.159. The first-order valence-corrected chi connectivity index (χ1v) is 9.04. The standard InChI is InChI=1S/C12H17N5O6S/c13-7-3-6(4-7)10-14-15-11(22-10)9-2-1-8-5-16(9)12(18)17(8)23-24(19,20)21/h6-9H,1-5,13H2,(H,19,20,21)/t6-,7+,8-,9+/m1/s1. The summed E-state index contributed by atoms with van der Waals surface area (Å²) < 4.78 is 40.7. The summed E-state index contributed by atoms with van der Waals surface area (Å²) in [5, 5.41) is 8.78. The van der Waals surface area contributed by atoms with E-state index in [0.717, 1.165) is 12.8 Å². The van der Waals surface area contributed by atoms with Crippen molar-refractivity contribution in [1.82, 2.24) is 20.2 Å². The van der Waals surface area contributed by atoms with E-state index in [0.29, 0.717) is 29.7 Å². The molecule has 3 N–H and O–H groups in total. The number of aromatic nitrogens is 2. The van der Waals surface area contributed by atoms with Gasteiger partial charge in [0.2, 0.25) is 11.8 Å². The number of carbonyl (C=O) groups excluding carboxylic acids is 1. The molecule has 0 spiro atoms. The summed E-state index contributed by atoms with van der Waals surface area (Å²) in [6.45, 7) is 0.269. The summed E-state index contributed by atoms with van der Waals surface area (Å²) in [5.74, 6) is 1.00. The smallest absolute Gasteiger partial charge is 0.418 e. The predicted octanol–water partition coefficient (Wildman–Crippen LogP) is -0.0502. The Morgan fingerprint density at radius 3 is 2.62 bits per heavy atom. The van der Waals surface area contributed by atoms with E-state index < -0.39 is 28.5 Å². The van der Waals surface area contributed by atoms with Crippen LogP contribution in [0.4, 0.5) is 4.79 Å². The van der Waals surface area contributed by atoms with Gasteiger partial charge >= 0.3 is 16.4 Å². The second-order valence-electron chi connectivity index (χ2n) is 6.42. The lowest BCUT2D eigenvalue weighted by molar-refractivity contribution is -0.0317. The Morgan fingerprint density at radius 2 is 1.96 bits per heavy atom. The molecule has 11 nitrogen and oxygen atoms in total. The Kier molecular flexibility index (Phi) is 3.53. The third kappa shape index (κ3) is 2.64. The van der Waals surface area contributed by atoms with E-state index >= 15 is 0 Å². The number of carbonyl (C=O) groups is 1. The van der Waals surface area contributed by atoms with Crippen molar-refractivity contribution in [2.75, 3.05) is 6.54 Å². The van der Waals surface area contributed by atoms with Gasteiger partial charge in [-0.1, -0.05) is 0 Å². The number of amides is 2. The summed E-state index contributed by atoms with van der Waals surface area (Å²) in [4.78, 5) is 13.8. The molecular weight excluding hydrogens is 342 g/mol. The molecule has 1 saturated carbocycles. The molecule has 0 radical (unpaired) electrons. The van der Waals surface area contributed by atoms with Crippen molar-refractivity contribution >= 4 is 16.4 Å². The summed E-state index contributed by atoms with van der Waals surface area (Å²) in [5.41, 5.74) is 5.76. The van der Waals surface area contributed by atoms with Crippen molar-refractivity contribution < 1.29 is 26.5 Å². The molecule has 3 heterocycles. The Bertz CT molecular complexity index is 760. The molecule has 0 aromatic carbocycles. The average molecular weight is 359 g/mol. The summed E-state index contributed by atoms with van der Waals surface area (Å²) >= 11 is 0. The van der Waals surface area contributed by atoms with Gasteiger partial charge in [-0.15, -0.1) is 14.5 Å². The highest BCUT2D eigenvalue weighted by atomic mass is 32.3. The van der Waals surface area contributed by atoms with Gasteiger partial charge in [-0.2, -0.15) is 13.5 Å². The Labute approximate surface area is 137 Å². The lowest BCUT2D eigenvalue weighted by Gasteiger charge is -2.29. The number of rotatable bonds is 4. The summed E-state index contributed by atoms with van der Waals surface area (Å²) in [6.07, 6.45) is 2.63. The van der Waals surface area contributed by atoms with Crippen molar-refractivity contribution in [2.24, 2.45) is 5.73 Å². The number of nitrogens with two attached hydrogens (primary N) is 1. The van der Waals surface area contributed by atoms with Crippen LogP contribution < -0.4 is 5.73 Å². The second kappa shape index (κ2) is 5.37. The fraction of sp³-hybridized carbons (Fsp3) is 0.750. The van der Waals surface area contributed by atoms with Gasteiger partial charge in [-0.25, -0.2) is 4.79 Å². The Hall–Kier alpha value is -1.76. The molecule has 4 rings (SSSR count). The fourth-order valence-electron chi connectivity index (χ4n) is 3.50. The SMILES string of the molecule is N[C@H]1C[C@@H](c2nnc([C@@H]3CC[C@@H]4CN3C(=O)N4OS(=O)(=O)O)o2)C1. The highest BCUT2D eigenvalue weighted by molar-refractivity contribution is 7.80. The third-order valence-electron chi connectivity index (χ3n) is 4.76. The van der Waals surface area contributed by atoms with Crippen LogP contribution in [0.1, 0.15) is 49.4 Å². The maximum absolute atomic E-state index is 12.3. The van der Waals surface area contributed by atoms with E-state index in [2.05, 4.69) is 14.5 Å². The molecule has 1 aromatic heterocycles. The first-order valence-electron chi connectivity index (χ1n) is 7.67. The van der Waals surface area contributed by atoms with E-state index in [-0.39, 0.29) is 18.5 Å². The molecule has 132 valence electrons. The fourth-order valence-corrected chi connectivity index (χ4v) is 3.89. The molecule has 2 aliphatic heterocycles. The number of fused-ring (bicyclic) bond motifs is 2. The van der Waals surface area contributed by atoms with E-state index in [1.165, 1.54) is 4.90 Å². The Balaban J connectivity index is 1.51. The normalized spacial score (nSPS) is 33.0. The molecule has 24 heavy (non-hydrogen) atoms. The number of hydrogen-bond acceptors (Lipinski definition) is 8. The summed E-state index contributed by atoms with van der Waals surface area (Å²) in [7, 11) is -4.75. The minimum Gasteiger partial charge on any atom is -0.423 e. The predicted molar refractivity (Wildman–Crippen MR) is 76.6 cm³/mol. The first kappa shape index (κ1) is 15.7. The largest absolute Gasteiger partial charge is 0.423 e. The molecule has 3 aliphatic rings. The number of urea groups is 1. The van der Waals surface area contributed by atoms with Crippen molar-refractivity contribution in [3.63, 3.8) is 0 Å². The zero-order valence-electron chi connectivity index (χ0n) is 12.6. The Morgan fingerprint density at radius 1 is 1.25 bits per heavy atom. The molecule has 2 saturated heterocycles. The van der Waals surface area contributed by atoms with Gasteiger partial charge in [0.05, 0.1) is 6.04 Å². The van der Waals surface area contributed by atoms with Gasteiger partial charge in [-0.3, -0.25) is 4.55 Å². The maximum atomic E-state index is 12.3. The van der Waals surface area contributed by atoms with E-state index in [1.807, 2.05) is 0 Å². The van der Waals surface area contributed by atoms with Gasteiger partial charge in [0, 0.05) is 18.5 Å². The zero-order chi connectivity index (χ0) is 17.1. The number of nitrogens with zero attached hydrogens (tertiary/aromatic N) is 4. The number of hydroxylamine groups is 2. The van der Waals surface area contributed by atoms with Crippen LogP contribution in [0, 0.1) is 0 Å². The van der Waals surface area contributed by atoms with Gasteiger partial charge < -0.3 is 15.1 Å². The van der Waals surface area contributed by atoms with Crippen LogP contribution in [0.5, 0.6) is 0 Å². The molecule has 1 aliphatic carbocycles. The summed E-state index contributed by atoms with van der Waals surface area (Å²) in [6, 6.07) is -1.36. The molecular formula is C12H17N5O6S. The van der Waals surface area contributed by atoms with Crippen LogP contribution in [0.3, 0.4) is 0 Å². The van der Waals surface area contributed by atoms with Crippen molar-refractivity contribution in [2.45, 2.75) is 49.7 Å². The van der Waals surface area contributed by atoms with Gasteiger partial charge in [-0.05, 0) is 25.7 Å². The lowest BCUT2D eigenvalue weighted by Crippen LogP contribution is -2.35. The highest BCUT2D eigenvalue weighted by Gasteiger charge is 2.49. The van der Waals surface area contributed by atoms with Crippen molar-refractivity contribution in [3.8, 4) is 0 Å². The second-order valence-corrected chi connectivity index (χ2v) is 7.42. The zero-order valence-corrected chi connectivity index (χ0v) is 13.4. The van der Waals surface area contributed by atoms with E-state index in [1.54, 1.807) is 0 Å². The molecule has 2 amide bonds. The molecule has 0 unspecified atom stereocenters. The van der Waals surface area contributed by atoms with Crippen molar-refractivity contribution in [3.05, 3.63) is 11.8 Å². The third-order valence-corrected chi connectivity index (χ3v) is 5.11. The molecule has 1 aromatic rings. The van der Waals surface area contributed by atoms with Crippen LogP contribution >= 0.6 is 0 Å². The van der Waals surface area contributed by atoms with Gasteiger partial charge in [0.25, 0.3) is 0 Å². The van der Waals surface area contributed by atoms with Crippen LogP contribution in [0.25, 0.3) is 0 Å². The first-order chi connectivity index (χ1) is 11.3. The number of hydrogen-bond donors (Lipinski definition) is 2. The van der Waals surface area contributed by atoms with Crippen molar-refractivity contribution in [1.29, 1.82) is 0 Å². The van der Waals surface area contributed by atoms with Crippen LogP contribution in [-0.2, 0) is 14.7 Å². The average Bonchev–Trinajstić information content (AvgIpc) is 3.04. The molecule has 2 atom stereocenters. The highest BCUT2D eigenvalue weighted by Crippen LogP contribution is 2.40. The van der Waals surface area contributed by atoms with E-state index in [4.69, 9.17) is 14.7 Å². The lowest BCUT2D eigenvalue weighted by atomic mass is 9.81.